The van der Waals surface area contributed by atoms with Crippen LogP contribution in [0.4, 0.5) is 16.2 Å². The maximum Gasteiger partial charge on any atom is 0.321 e. The van der Waals surface area contributed by atoms with Crippen LogP contribution in [0, 0.1) is 6.92 Å². The van der Waals surface area contributed by atoms with E-state index in [1.165, 1.54) is 0 Å². The summed E-state index contributed by atoms with van der Waals surface area (Å²) in [5.74, 6) is 1.87. The van der Waals surface area contributed by atoms with E-state index in [1.807, 2.05) is 42.2 Å². The Hall–Kier alpha value is -2.87. The van der Waals surface area contributed by atoms with Crippen LogP contribution >= 0.6 is 15.9 Å². The number of carbonyl (C=O) groups is 1. The molecule has 160 valence electrons. The first-order valence-electron chi connectivity index (χ1n) is 10.6. The predicted octanol–water partition coefficient (Wildman–Crippen LogP) is 5.04. The molecule has 0 unspecified atom stereocenters. The molecule has 1 N–H and O–H groups in total. The van der Waals surface area contributed by atoms with Gasteiger partial charge in [0.2, 0.25) is 11.7 Å². The number of piperazine rings is 1. The molecule has 2 aliphatic rings. The molecule has 8 heteroatoms. The van der Waals surface area contributed by atoms with Crippen molar-refractivity contribution in [3.8, 4) is 11.4 Å². The van der Waals surface area contributed by atoms with Crippen molar-refractivity contribution in [2.75, 3.05) is 36.4 Å². The fourth-order valence-corrected chi connectivity index (χ4v) is 4.01. The second kappa shape index (κ2) is 8.34. The number of amides is 2. The highest BCUT2D eigenvalue weighted by atomic mass is 79.9. The van der Waals surface area contributed by atoms with Gasteiger partial charge < -0.3 is 19.6 Å². The van der Waals surface area contributed by atoms with Gasteiger partial charge in [0.15, 0.2) is 0 Å². The van der Waals surface area contributed by atoms with Crippen LogP contribution in [0.2, 0.25) is 0 Å². The maximum absolute atomic E-state index is 12.6. The summed E-state index contributed by atoms with van der Waals surface area (Å²) in [4.78, 5) is 21.3. The molecule has 2 amide bonds. The van der Waals surface area contributed by atoms with E-state index in [4.69, 9.17) is 4.52 Å². The molecule has 0 radical (unpaired) electrons. The van der Waals surface area contributed by atoms with E-state index in [-0.39, 0.29) is 6.03 Å². The Morgan fingerprint density at radius 1 is 1.10 bits per heavy atom. The molecule has 31 heavy (non-hydrogen) atoms. The molecule has 0 bridgehead atoms. The van der Waals surface area contributed by atoms with Crippen LogP contribution in [-0.4, -0.2) is 47.3 Å². The lowest BCUT2D eigenvalue weighted by atomic mass is 10.1. The molecule has 2 fully saturated rings. The summed E-state index contributed by atoms with van der Waals surface area (Å²) in [5.41, 5.74) is 4.01. The SMILES string of the molecule is Cc1cc(NC(=O)N2CCN(c3ccc(-c4noc(C5CC5)n4)cc3)CC2)ccc1Br. The van der Waals surface area contributed by atoms with Crippen molar-refractivity contribution in [2.45, 2.75) is 25.7 Å². The Kier molecular flexibility index (Phi) is 5.40. The highest BCUT2D eigenvalue weighted by Crippen LogP contribution is 2.39. The molecule has 1 saturated carbocycles. The first-order valence-corrected chi connectivity index (χ1v) is 11.4. The standard InChI is InChI=1S/C23H24BrN5O2/c1-15-14-18(6-9-20(15)24)25-23(30)29-12-10-28(11-13-29)19-7-4-16(5-8-19)21-26-22(31-27-21)17-2-3-17/h4-9,14,17H,2-3,10-13H2,1H3,(H,25,30). The number of anilines is 2. The van der Waals surface area contributed by atoms with Crippen LogP contribution in [0.5, 0.6) is 0 Å². The average Bonchev–Trinajstić information content (AvgIpc) is 3.53. The monoisotopic (exact) mass is 481 g/mol. The third-order valence-electron chi connectivity index (χ3n) is 5.84. The number of aryl methyl sites for hydroxylation is 1. The molecule has 1 aliphatic heterocycles. The Balaban J connectivity index is 1.17. The molecule has 1 aromatic heterocycles. The van der Waals surface area contributed by atoms with Gasteiger partial charge in [-0.25, -0.2) is 4.79 Å². The van der Waals surface area contributed by atoms with Crippen molar-refractivity contribution in [1.82, 2.24) is 15.0 Å². The van der Waals surface area contributed by atoms with E-state index in [0.717, 1.165) is 58.8 Å². The summed E-state index contributed by atoms with van der Waals surface area (Å²) in [5, 5.41) is 7.11. The van der Waals surface area contributed by atoms with E-state index in [0.29, 0.717) is 24.8 Å². The number of rotatable bonds is 4. The topological polar surface area (TPSA) is 74.5 Å². The van der Waals surface area contributed by atoms with Gasteiger partial charge >= 0.3 is 6.03 Å². The Morgan fingerprint density at radius 2 is 1.84 bits per heavy atom. The van der Waals surface area contributed by atoms with Gasteiger partial charge in [-0.05, 0) is 67.8 Å². The number of halogens is 1. The largest absolute Gasteiger partial charge is 0.368 e. The molecular formula is C23H24BrN5O2. The number of urea groups is 1. The number of hydrogen-bond donors (Lipinski definition) is 1. The molecule has 2 aromatic carbocycles. The molecule has 5 rings (SSSR count). The molecule has 7 nitrogen and oxygen atoms in total. The molecule has 1 aliphatic carbocycles. The summed E-state index contributed by atoms with van der Waals surface area (Å²) in [6.07, 6.45) is 2.29. The number of benzene rings is 2. The summed E-state index contributed by atoms with van der Waals surface area (Å²) in [7, 11) is 0. The van der Waals surface area contributed by atoms with Crippen LogP contribution in [0.25, 0.3) is 11.4 Å². The quantitative estimate of drug-likeness (QED) is 0.564. The minimum absolute atomic E-state index is 0.0553. The zero-order valence-electron chi connectivity index (χ0n) is 17.3. The zero-order chi connectivity index (χ0) is 21.4. The summed E-state index contributed by atoms with van der Waals surface area (Å²) in [6.45, 7) is 4.95. The predicted molar refractivity (Wildman–Crippen MR) is 123 cm³/mol. The summed E-state index contributed by atoms with van der Waals surface area (Å²) >= 11 is 3.49. The van der Waals surface area contributed by atoms with Gasteiger partial charge in [-0.3, -0.25) is 0 Å². The normalized spacial score (nSPS) is 16.5. The van der Waals surface area contributed by atoms with Crippen LogP contribution in [0.15, 0.2) is 51.5 Å². The third kappa shape index (κ3) is 4.44. The number of nitrogens with one attached hydrogen (secondary N) is 1. The summed E-state index contributed by atoms with van der Waals surface area (Å²) < 4.78 is 6.40. The van der Waals surface area contributed by atoms with Crippen molar-refractivity contribution in [2.24, 2.45) is 0 Å². The Labute approximate surface area is 189 Å². The smallest absolute Gasteiger partial charge is 0.321 e. The molecule has 0 atom stereocenters. The second-order valence-electron chi connectivity index (χ2n) is 8.15. The fraction of sp³-hybridized carbons (Fsp3) is 0.348. The van der Waals surface area contributed by atoms with Crippen molar-refractivity contribution in [3.05, 3.63) is 58.4 Å². The molecular weight excluding hydrogens is 458 g/mol. The number of hydrogen-bond acceptors (Lipinski definition) is 5. The lowest BCUT2D eigenvalue weighted by molar-refractivity contribution is 0.208. The molecule has 1 saturated heterocycles. The second-order valence-corrected chi connectivity index (χ2v) is 9.00. The third-order valence-corrected chi connectivity index (χ3v) is 6.72. The van der Waals surface area contributed by atoms with Crippen molar-refractivity contribution in [1.29, 1.82) is 0 Å². The van der Waals surface area contributed by atoms with Gasteiger partial charge in [-0.15, -0.1) is 0 Å². The number of carbonyl (C=O) groups excluding carboxylic acids is 1. The van der Waals surface area contributed by atoms with Crippen LogP contribution in [0.1, 0.15) is 30.2 Å². The van der Waals surface area contributed by atoms with Gasteiger partial charge in [-0.2, -0.15) is 4.98 Å². The number of nitrogens with zero attached hydrogens (tertiary/aromatic N) is 4. The summed E-state index contributed by atoms with van der Waals surface area (Å²) in [6, 6.07) is 14.0. The first-order chi connectivity index (χ1) is 15.1. The van der Waals surface area contributed by atoms with E-state index in [2.05, 4.69) is 48.4 Å². The lowest BCUT2D eigenvalue weighted by Gasteiger charge is -2.36. The Bertz CT molecular complexity index is 1090. The van der Waals surface area contributed by atoms with Crippen LogP contribution in [-0.2, 0) is 0 Å². The molecule has 0 spiro atoms. The van der Waals surface area contributed by atoms with Crippen molar-refractivity contribution >= 4 is 33.3 Å². The van der Waals surface area contributed by atoms with E-state index in [1.54, 1.807) is 0 Å². The van der Waals surface area contributed by atoms with Gasteiger partial charge in [0.05, 0.1) is 0 Å². The van der Waals surface area contributed by atoms with Crippen molar-refractivity contribution in [3.63, 3.8) is 0 Å². The van der Waals surface area contributed by atoms with Gasteiger partial charge in [-0.1, -0.05) is 21.1 Å². The highest BCUT2D eigenvalue weighted by Gasteiger charge is 2.29. The van der Waals surface area contributed by atoms with Gasteiger partial charge in [0, 0.05) is 53.5 Å². The van der Waals surface area contributed by atoms with Gasteiger partial charge in [0.25, 0.3) is 0 Å². The number of aromatic nitrogens is 2. The average molecular weight is 482 g/mol. The Morgan fingerprint density at radius 3 is 2.52 bits per heavy atom. The fourth-order valence-electron chi connectivity index (χ4n) is 3.76. The minimum Gasteiger partial charge on any atom is -0.368 e. The zero-order valence-corrected chi connectivity index (χ0v) is 18.9. The first kappa shape index (κ1) is 20.1. The van der Waals surface area contributed by atoms with Crippen LogP contribution < -0.4 is 10.2 Å². The van der Waals surface area contributed by atoms with E-state index < -0.39 is 0 Å². The van der Waals surface area contributed by atoms with Crippen LogP contribution in [0.3, 0.4) is 0 Å². The highest BCUT2D eigenvalue weighted by molar-refractivity contribution is 9.10. The minimum atomic E-state index is -0.0553. The van der Waals surface area contributed by atoms with E-state index >= 15 is 0 Å². The maximum atomic E-state index is 12.6. The lowest BCUT2D eigenvalue weighted by Crippen LogP contribution is -2.50. The molecule has 3 aromatic rings. The molecule has 2 heterocycles. The van der Waals surface area contributed by atoms with Gasteiger partial charge in [0.1, 0.15) is 0 Å². The van der Waals surface area contributed by atoms with E-state index in [9.17, 15) is 4.79 Å². The van der Waals surface area contributed by atoms with Crippen molar-refractivity contribution < 1.29 is 9.32 Å².